The Balaban J connectivity index is 0.000000686. The first-order valence-corrected chi connectivity index (χ1v) is 5.93. The average Bonchev–Trinajstić information content (AvgIpc) is 2.41. The second-order valence-electron chi connectivity index (χ2n) is 3.21. The maximum atomic E-state index is 8.82. The van der Waals surface area contributed by atoms with E-state index in [2.05, 4.69) is 6.07 Å². The van der Waals surface area contributed by atoms with E-state index in [0.717, 1.165) is 11.1 Å². The minimum atomic E-state index is 0.585. The summed E-state index contributed by atoms with van der Waals surface area (Å²) in [5.74, 6) is 0. The van der Waals surface area contributed by atoms with Crippen LogP contribution in [0.1, 0.15) is 19.4 Å². The van der Waals surface area contributed by atoms with Crippen LogP contribution < -0.4 is 0 Å². The van der Waals surface area contributed by atoms with E-state index in [-0.39, 0.29) is 0 Å². The fourth-order valence-electron chi connectivity index (χ4n) is 1.45. The number of halogens is 1. The molecule has 2 rings (SSSR count). The summed E-state index contributed by atoms with van der Waals surface area (Å²) in [5.41, 5.74) is 2.62. The molecule has 2 aromatic carbocycles. The van der Waals surface area contributed by atoms with Crippen LogP contribution in [0.15, 0.2) is 48.5 Å². The van der Waals surface area contributed by atoms with Crippen LogP contribution in [0, 0.1) is 11.3 Å². The zero-order valence-corrected chi connectivity index (χ0v) is 10.7. The Labute approximate surface area is 107 Å². The van der Waals surface area contributed by atoms with Crippen molar-refractivity contribution < 1.29 is 0 Å². The fourth-order valence-corrected chi connectivity index (χ4v) is 1.69. The molecule has 0 spiro atoms. The van der Waals surface area contributed by atoms with Crippen LogP contribution >= 0.6 is 11.6 Å². The van der Waals surface area contributed by atoms with Gasteiger partial charge in [0.25, 0.3) is 0 Å². The van der Waals surface area contributed by atoms with Crippen LogP contribution in [0.5, 0.6) is 0 Å². The molecule has 86 valence electrons. The van der Waals surface area contributed by atoms with Gasteiger partial charge >= 0.3 is 0 Å². The molecule has 0 fully saturated rings. The third-order valence-electron chi connectivity index (χ3n) is 2.13. The Hall–Kier alpha value is -1.78. The van der Waals surface area contributed by atoms with E-state index in [9.17, 15) is 0 Å². The maximum absolute atomic E-state index is 8.82. The Kier molecular flexibility index (Phi) is 5.26. The molecule has 2 aromatic rings. The van der Waals surface area contributed by atoms with Gasteiger partial charge in [0.15, 0.2) is 0 Å². The highest BCUT2D eigenvalue weighted by Crippen LogP contribution is 2.24. The molecule has 0 aromatic heterocycles. The largest absolute Gasteiger partial charge is 0.192 e. The van der Waals surface area contributed by atoms with Crippen LogP contribution in [-0.4, -0.2) is 0 Å². The van der Waals surface area contributed by atoms with Gasteiger partial charge in [-0.3, -0.25) is 0 Å². The van der Waals surface area contributed by atoms with Crippen LogP contribution in [0.25, 0.3) is 11.1 Å². The van der Waals surface area contributed by atoms with E-state index in [1.54, 1.807) is 6.07 Å². The van der Waals surface area contributed by atoms with Crippen molar-refractivity contribution in [3.8, 4) is 17.2 Å². The van der Waals surface area contributed by atoms with Gasteiger partial charge in [0, 0.05) is 5.02 Å². The van der Waals surface area contributed by atoms with Crippen molar-refractivity contribution in [3.63, 3.8) is 0 Å². The number of hydrogen-bond donors (Lipinski definition) is 0. The summed E-state index contributed by atoms with van der Waals surface area (Å²) in [7, 11) is 0. The molecule has 0 heterocycles. The molecule has 1 nitrogen and oxygen atoms in total. The van der Waals surface area contributed by atoms with Crippen molar-refractivity contribution in [2.75, 3.05) is 0 Å². The summed E-state index contributed by atoms with van der Waals surface area (Å²) in [4.78, 5) is 0. The Morgan fingerprint density at radius 3 is 2.18 bits per heavy atom. The normalized spacial score (nSPS) is 8.82. The van der Waals surface area contributed by atoms with Crippen LogP contribution in [0.4, 0.5) is 0 Å². The lowest BCUT2D eigenvalue weighted by Crippen LogP contribution is -1.80. The topological polar surface area (TPSA) is 23.8 Å². The molecule has 0 radical (unpaired) electrons. The minimum absolute atomic E-state index is 0.585. The van der Waals surface area contributed by atoms with Gasteiger partial charge in [0.05, 0.1) is 11.6 Å². The van der Waals surface area contributed by atoms with Crippen molar-refractivity contribution in [1.29, 1.82) is 5.26 Å². The quantitative estimate of drug-likeness (QED) is 0.699. The summed E-state index contributed by atoms with van der Waals surface area (Å²) in [6.07, 6.45) is 0. The van der Waals surface area contributed by atoms with E-state index >= 15 is 0 Å². The van der Waals surface area contributed by atoms with Gasteiger partial charge in [-0.15, -0.1) is 0 Å². The van der Waals surface area contributed by atoms with Crippen LogP contribution in [0.3, 0.4) is 0 Å². The van der Waals surface area contributed by atoms with Gasteiger partial charge in [-0.2, -0.15) is 5.26 Å². The van der Waals surface area contributed by atoms with E-state index in [1.807, 2.05) is 56.3 Å². The molecule has 2 heteroatoms. The maximum Gasteiger partial charge on any atom is 0.0992 e. The molecule has 17 heavy (non-hydrogen) atoms. The Bertz CT molecular complexity index is 512. The standard InChI is InChI=1S/C13H8ClN.C2H6/c14-13-7-10(9-15)6-12(8-13)11-4-2-1-3-5-11;1-2/h1-8H;1-2H3. The van der Waals surface area contributed by atoms with Crippen LogP contribution in [0.2, 0.25) is 5.02 Å². The number of rotatable bonds is 1. The number of nitrogens with zero attached hydrogens (tertiary/aromatic N) is 1. The lowest BCUT2D eigenvalue weighted by Gasteiger charge is -2.02. The molecule has 0 N–H and O–H groups in total. The van der Waals surface area contributed by atoms with E-state index < -0.39 is 0 Å². The van der Waals surface area contributed by atoms with E-state index in [4.69, 9.17) is 16.9 Å². The lowest BCUT2D eigenvalue weighted by molar-refractivity contribution is 1.48. The van der Waals surface area contributed by atoms with Gasteiger partial charge in [-0.1, -0.05) is 55.8 Å². The third kappa shape index (κ3) is 3.62. The van der Waals surface area contributed by atoms with Crippen LogP contribution in [-0.2, 0) is 0 Å². The Morgan fingerprint density at radius 2 is 1.59 bits per heavy atom. The molecule has 0 atom stereocenters. The third-order valence-corrected chi connectivity index (χ3v) is 2.35. The minimum Gasteiger partial charge on any atom is -0.192 e. The van der Waals surface area contributed by atoms with E-state index in [1.165, 1.54) is 0 Å². The van der Waals surface area contributed by atoms with Gasteiger partial charge < -0.3 is 0 Å². The molecule has 0 unspecified atom stereocenters. The smallest absolute Gasteiger partial charge is 0.0992 e. The molecule has 0 saturated carbocycles. The molecular formula is C15H14ClN. The van der Waals surface area contributed by atoms with E-state index in [0.29, 0.717) is 10.6 Å². The molecule has 0 saturated heterocycles. The summed E-state index contributed by atoms with van der Waals surface area (Å²) < 4.78 is 0. The summed E-state index contributed by atoms with van der Waals surface area (Å²) >= 11 is 5.93. The SMILES string of the molecule is CC.N#Cc1cc(Cl)cc(-c2ccccc2)c1. The zero-order valence-electron chi connectivity index (χ0n) is 9.94. The number of hydrogen-bond acceptors (Lipinski definition) is 1. The Morgan fingerprint density at radius 1 is 0.941 bits per heavy atom. The molecule has 0 amide bonds. The monoisotopic (exact) mass is 243 g/mol. The van der Waals surface area contributed by atoms with Crippen molar-refractivity contribution in [3.05, 3.63) is 59.1 Å². The fraction of sp³-hybridized carbons (Fsp3) is 0.133. The number of nitriles is 1. The van der Waals surface area contributed by atoms with Gasteiger partial charge in [-0.25, -0.2) is 0 Å². The first-order chi connectivity index (χ1) is 8.29. The predicted molar refractivity (Wildman–Crippen MR) is 73.0 cm³/mol. The van der Waals surface area contributed by atoms with Crippen molar-refractivity contribution in [2.45, 2.75) is 13.8 Å². The van der Waals surface area contributed by atoms with Crippen molar-refractivity contribution >= 4 is 11.6 Å². The lowest BCUT2D eigenvalue weighted by atomic mass is 10.0. The van der Waals surface area contributed by atoms with Gasteiger partial charge in [0.2, 0.25) is 0 Å². The van der Waals surface area contributed by atoms with Crippen molar-refractivity contribution in [1.82, 2.24) is 0 Å². The predicted octanol–water partition coefficient (Wildman–Crippen LogP) is 4.90. The highest BCUT2D eigenvalue weighted by molar-refractivity contribution is 6.31. The highest BCUT2D eigenvalue weighted by atomic mass is 35.5. The first-order valence-electron chi connectivity index (χ1n) is 5.56. The molecular weight excluding hydrogens is 230 g/mol. The summed E-state index contributed by atoms with van der Waals surface area (Å²) in [6.45, 7) is 4.00. The van der Waals surface area contributed by atoms with Gasteiger partial charge in [0.1, 0.15) is 0 Å². The molecule has 0 bridgehead atoms. The number of benzene rings is 2. The summed E-state index contributed by atoms with van der Waals surface area (Å²) in [5, 5.41) is 9.42. The second kappa shape index (κ2) is 6.73. The second-order valence-corrected chi connectivity index (χ2v) is 3.64. The first kappa shape index (κ1) is 13.3. The zero-order chi connectivity index (χ0) is 12.7. The van der Waals surface area contributed by atoms with Gasteiger partial charge in [-0.05, 0) is 29.3 Å². The summed E-state index contributed by atoms with van der Waals surface area (Å²) in [6, 6.07) is 17.3. The molecule has 0 aliphatic carbocycles. The molecule has 0 aliphatic rings. The van der Waals surface area contributed by atoms with Crippen molar-refractivity contribution in [2.24, 2.45) is 0 Å². The average molecular weight is 244 g/mol. The molecule has 0 aliphatic heterocycles. The highest BCUT2D eigenvalue weighted by Gasteiger charge is 2.00.